The molecule has 1 heterocycles. The zero-order chi connectivity index (χ0) is 13.8. The summed E-state index contributed by atoms with van der Waals surface area (Å²) in [6.45, 7) is 3.74. The second-order valence-electron chi connectivity index (χ2n) is 3.98. The molecule has 2 aromatic rings. The summed E-state index contributed by atoms with van der Waals surface area (Å²) < 4.78 is 5.11. The number of ether oxygens (including phenoxy) is 1. The Bertz CT molecular complexity index is 632. The number of hydrogen-bond acceptors (Lipinski definition) is 5. The minimum Gasteiger partial charge on any atom is -0.497 e. The van der Waals surface area contributed by atoms with Gasteiger partial charge in [-0.2, -0.15) is 10.4 Å². The van der Waals surface area contributed by atoms with Gasteiger partial charge in [-0.1, -0.05) is 11.8 Å². The first-order chi connectivity index (χ1) is 9.15. The molecule has 0 N–H and O–H groups in total. The van der Waals surface area contributed by atoms with Crippen LogP contribution in [0.4, 0.5) is 0 Å². The summed E-state index contributed by atoms with van der Waals surface area (Å²) in [6.07, 6.45) is 0. The van der Waals surface area contributed by atoms with E-state index >= 15 is 0 Å². The van der Waals surface area contributed by atoms with E-state index in [9.17, 15) is 5.26 Å². The third kappa shape index (κ3) is 2.85. The van der Waals surface area contributed by atoms with Crippen LogP contribution in [-0.2, 0) is 0 Å². The van der Waals surface area contributed by atoms with Crippen molar-refractivity contribution in [1.82, 2.24) is 10.2 Å². The summed E-state index contributed by atoms with van der Waals surface area (Å²) in [7, 11) is 1.63. The molecular formula is C14H13N3OS. The van der Waals surface area contributed by atoms with E-state index < -0.39 is 0 Å². The van der Waals surface area contributed by atoms with Crippen molar-refractivity contribution in [3.05, 3.63) is 41.1 Å². The highest BCUT2D eigenvalue weighted by Gasteiger charge is 2.12. The normalized spacial score (nSPS) is 10.0. The van der Waals surface area contributed by atoms with Crippen molar-refractivity contribution in [3.63, 3.8) is 0 Å². The molecule has 0 radical (unpaired) electrons. The molecule has 19 heavy (non-hydrogen) atoms. The van der Waals surface area contributed by atoms with E-state index in [1.807, 2.05) is 38.1 Å². The van der Waals surface area contributed by atoms with Gasteiger partial charge in [0.15, 0.2) is 0 Å². The Balaban J connectivity index is 2.33. The number of nitriles is 1. The molecule has 0 spiro atoms. The number of aromatic nitrogens is 2. The molecule has 0 aliphatic rings. The summed E-state index contributed by atoms with van der Waals surface area (Å²) in [4.78, 5) is 0.995. The molecule has 1 aromatic heterocycles. The molecule has 0 unspecified atom stereocenters. The monoisotopic (exact) mass is 271 g/mol. The average molecular weight is 271 g/mol. The Hall–Kier alpha value is -2.06. The zero-order valence-corrected chi connectivity index (χ0v) is 11.8. The Kier molecular flexibility index (Phi) is 4.03. The second-order valence-corrected chi connectivity index (χ2v) is 5.04. The van der Waals surface area contributed by atoms with Gasteiger partial charge in [-0.15, -0.1) is 5.10 Å². The van der Waals surface area contributed by atoms with Gasteiger partial charge in [0.1, 0.15) is 16.8 Å². The highest BCUT2D eigenvalue weighted by molar-refractivity contribution is 7.99. The quantitative estimate of drug-likeness (QED) is 0.858. The molecule has 0 aliphatic heterocycles. The number of nitrogens with zero attached hydrogens (tertiary/aromatic N) is 3. The van der Waals surface area contributed by atoms with Crippen LogP contribution in [0, 0.1) is 25.2 Å². The maximum Gasteiger partial charge on any atom is 0.142 e. The van der Waals surface area contributed by atoms with E-state index in [4.69, 9.17) is 4.74 Å². The van der Waals surface area contributed by atoms with Crippen LogP contribution in [0.3, 0.4) is 0 Å². The van der Waals surface area contributed by atoms with Crippen LogP contribution in [0.15, 0.2) is 34.2 Å². The minimum atomic E-state index is 0.591. The molecule has 0 atom stereocenters. The molecule has 2 rings (SSSR count). The van der Waals surface area contributed by atoms with Gasteiger partial charge in [-0.3, -0.25) is 0 Å². The maximum atomic E-state index is 9.23. The Labute approximate surface area is 116 Å². The van der Waals surface area contributed by atoms with Crippen LogP contribution < -0.4 is 4.74 Å². The average Bonchev–Trinajstić information content (AvgIpc) is 2.44. The van der Waals surface area contributed by atoms with E-state index in [1.54, 1.807) is 7.11 Å². The summed E-state index contributed by atoms with van der Waals surface area (Å²) >= 11 is 1.43. The van der Waals surface area contributed by atoms with Crippen molar-refractivity contribution in [2.45, 2.75) is 23.8 Å². The SMILES string of the molecule is COc1ccc(Sc2nnc(C)c(C)c2C#N)cc1. The zero-order valence-electron chi connectivity index (χ0n) is 11.0. The smallest absolute Gasteiger partial charge is 0.142 e. The van der Waals surface area contributed by atoms with E-state index in [1.165, 1.54) is 11.8 Å². The first-order valence-corrected chi connectivity index (χ1v) is 6.53. The fourth-order valence-electron chi connectivity index (χ4n) is 1.55. The molecule has 0 fully saturated rings. The van der Waals surface area contributed by atoms with Gasteiger partial charge in [0.2, 0.25) is 0 Å². The summed E-state index contributed by atoms with van der Waals surface area (Å²) in [6, 6.07) is 9.82. The predicted octanol–water partition coefficient (Wildman–Crippen LogP) is 3.12. The largest absolute Gasteiger partial charge is 0.497 e. The first kappa shape index (κ1) is 13.4. The van der Waals surface area contributed by atoms with Crippen LogP contribution >= 0.6 is 11.8 Å². The van der Waals surface area contributed by atoms with Crippen LogP contribution in [0.25, 0.3) is 0 Å². The van der Waals surface area contributed by atoms with Crippen molar-refractivity contribution >= 4 is 11.8 Å². The summed E-state index contributed by atoms with van der Waals surface area (Å²) in [5.74, 6) is 0.802. The van der Waals surface area contributed by atoms with Crippen molar-refractivity contribution in [1.29, 1.82) is 5.26 Å². The van der Waals surface area contributed by atoms with E-state index in [0.29, 0.717) is 10.6 Å². The Morgan fingerprint density at radius 1 is 1.16 bits per heavy atom. The van der Waals surface area contributed by atoms with Crippen molar-refractivity contribution in [3.8, 4) is 11.8 Å². The summed E-state index contributed by atoms with van der Waals surface area (Å²) in [5.41, 5.74) is 2.26. The molecule has 0 aliphatic carbocycles. The maximum absolute atomic E-state index is 9.23. The van der Waals surface area contributed by atoms with E-state index in [-0.39, 0.29) is 0 Å². The number of benzene rings is 1. The lowest BCUT2D eigenvalue weighted by atomic mass is 10.1. The molecule has 1 aromatic carbocycles. The van der Waals surface area contributed by atoms with Crippen LogP contribution in [0.2, 0.25) is 0 Å². The number of aryl methyl sites for hydroxylation is 1. The van der Waals surface area contributed by atoms with Crippen molar-refractivity contribution in [2.75, 3.05) is 7.11 Å². The van der Waals surface area contributed by atoms with Gasteiger partial charge in [0.05, 0.1) is 18.4 Å². The second kappa shape index (κ2) is 5.72. The highest BCUT2D eigenvalue weighted by Crippen LogP contribution is 2.30. The topological polar surface area (TPSA) is 58.8 Å². The van der Waals surface area contributed by atoms with Gasteiger partial charge < -0.3 is 4.74 Å². The van der Waals surface area contributed by atoms with Crippen molar-refractivity contribution in [2.24, 2.45) is 0 Å². The predicted molar refractivity (Wildman–Crippen MR) is 73.3 cm³/mol. The number of hydrogen-bond donors (Lipinski definition) is 0. The lowest BCUT2D eigenvalue weighted by Crippen LogP contribution is -1.98. The van der Waals surface area contributed by atoms with Gasteiger partial charge in [-0.25, -0.2) is 0 Å². The van der Waals surface area contributed by atoms with Crippen molar-refractivity contribution < 1.29 is 4.74 Å². The van der Waals surface area contributed by atoms with Gasteiger partial charge in [-0.05, 0) is 43.7 Å². The Morgan fingerprint density at radius 3 is 2.42 bits per heavy atom. The molecule has 0 saturated heterocycles. The van der Waals surface area contributed by atoms with E-state index in [2.05, 4.69) is 16.3 Å². The third-order valence-electron chi connectivity index (χ3n) is 2.81. The standard InChI is InChI=1S/C14H13N3OS/c1-9-10(2)16-17-14(13(9)8-15)19-12-6-4-11(18-3)5-7-12/h4-7H,1-3H3. The van der Waals surface area contributed by atoms with Crippen LogP contribution in [0.5, 0.6) is 5.75 Å². The first-order valence-electron chi connectivity index (χ1n) is 5.71. The molecule has 0 saturated carbocycles. The molecule has 0 amide bonds. The third-order valence-corrected chi connectivity index (χ3v) is 3.80. The lowest BCUT2D eigenvalue weighted by molar-refractivity contribution is 0.414. The molecule has 0 bridgehead atoms. The molecule has 4 nitrogen and oxygen atoms in total. The fraction of sp³-hybridized carbons (Fsp3) is 0.214. The summed E-state index contributed by atoms with van der Waals surface area (Å²) in [5, 5.41) is 18.0. The minimum absolute atomic E-state index is 0.591. The fourth-order valence-corrected chi connectivity index (χ4v) is 2.42. The number of rotatable bonds is 3. The molecule has 5 heteroatoms. The van der Waals surface area contributed by atoms with E-state index in [0.717, 1.165) is 21.9 Å². The molecular weight excluding hydrogens is 258 g/mol. The molecule has 96 valence electrons. The van der Waals surface area contributed by atoms with Crippen LogP contribution in [0.1, 0.15) is 16.8 Å². The van der Waals surface area contributed by atoms with Crippen LogP contribution in [-0.4, -0.2) is 17.3 Å². The lowest BCUT2D eigenvalue weighted by Gasteiger charge is -2.07. The van der Waals surface area contributed by atoms with Gasteiger partial charge in [0.25, 0.3) is 0 Å². The Morgan fingerprint density at radius 2 is 1.84 bits per heavy atom. The number of methoxy groups -OCH3 is 1. The van der Waals surface area contributed by atoms with Gasteiger partial charge in [0, 0.05) is 4.90 Å². The van der Waals surface area contributed by atoms with Gasteiger partial charge >= 0.3 is 0 Å². The highest BCUT2D eigenvalue weighted by atomic mass is 32.2.